The van der Waals surface area contributed by atoms with Gasteiger partial charge in [-0.3, -0.25) is 9.48 Å². The van der Waals surface area contributed by atoms with Gasteiger partial charge in [0.1, 0.15) is 0 Å². The number of benzene rings is 1. The molecule has 17 heavy (non-hydrogen) atoms. The Balaban J connectivity index is 2.48. The number of ketones is 1. The molecule has 0 spiro atoms. The van der Waals surface area contributed by atoms with Crippen LogP contribution in [0.2, 0.25) is 0 Å². The van der Waals surface area contributed by atoms with E-state index in [1.54, 1.807) is 6.92 Å². The van der Waals surface area contributed by atoms with Crippen molar-refractivity contribution < 1.29 is 4.79 Å². The maximum Gasteiger partial charge on any atom is 0.159 e. The summed E-state index contributed by atoms with van der Waals surface area (Å²) in [6.07, 6.45) is 2.02. The number of Topliss-reactive ketones (excluding diaryl/α,β-unsaturated/α-hetero) is 1. The van der Waals surface area contributed by atoms with Crippen molar-refractivity contribution in [3.8, 4) is 11.1 Å². The summed E-state index contributed by atoms with van der Waals surface area (Å²) in [5, 5.41) is 4.41. The summed E-state index contributed by atoms with van der Waals surface area (Å²) in [7, 11) is 0. The van der Waals surface area contributed by atoms with E-state index in [0.717, 1.165) is 28.9 Å². The molecule has 0 aliphatic heterocycles. The third-order valence-corrected chi connectivity index (χ3v) is 2.85. The molecule has 0 saturated heterocycles. The van der Waals surface area contributed by atoms with Crippen molar-refractivity contribution in [2.45, 2.75) is 27.3 Å². The van der Waals surface area contributed by atoms with E-state index in [0.29, 0.717) is 0 Å². The van der Waals surface area contributed by atoms with E-state index in [1.165, 1.54) is 0 Å². The molecule has 0 bridgehead atoms. The van der Waals surface area contributed by atoms with E-state index >= 15 is 0 Å². The second-order valence-electron chi connectivity index (χ2n) is 4.12. The van der Waals surface area contributed by atoms with Crippen molar-refractivity contribution >= 4 is 5.78 Å². The van der Waals surface area contributed by atoms with Crippen molar-refractivity contribution in [2.75, 3.05) is 0 Å². The van der Waals surface area contributed by atoms with E-state index in [1.807, 2.05) is 42.1 Å². The molecule has 1 aromatic carbocycles. The Morgan fingerprint density at radius 3 is 2.76 bits per heavy atom. The molecular weight excluding hydrogens is 212 g/mol. The third kappa shape index (κ3) is 2.28. The Kier molecular flexibility index (Phi) is 3.09. The van der Waals surface area contributed by atoms with Crippen LogP contribution in [0.25, 0.3) is 11.1 Å². The second kappa shape index (κ2) is 4.53. The van der Waals surface area contributed by atoms with Gasteiger partial charge in [-0.15, -0.1) is 0 Å². The Hall–Kier alpha value is -1.90. The average molecular weight is 228 g/mol. The maximum atomic E-state index is 11.4. The highest BCUT2D eigenvalue weighted by Gasteiger charge is 2.08. The van der Waals surface area contributed by atoms with E-state index < -0.39 is 0 Å². The Morgan fingerprint density at radius 2 is 2.18 bits per heavy atom. The largest absolute Gasteiger partial charge is 0.295 e. The fourth-order valence-electron chi connectivity index (χ4n) is 1.87. The number of carbonyl (C=O) groups excluding carboxylic acids is 1. The molecule has 0 N–H and O–H groups in total. The zero-order chi connectivity index (χ0) is 12.4. The number of aromatic nitrogens is 2. The van der Waals surface area contributed by atoms with Crippen LogP contribution >= 0.6 is 0 Å². The van der Waals surface area contributed by atoms with Crippen LogP contribution in [0, 0.1) is 6.92 Å². The Labute approximate surface area is 101 Å². The fraction of sp³-hybridized carbons (Fsp3) is 0.286. The molecule has 0 unspecified atom stereocenters. The topological polar surface area (TPSA) is 34.9 Å². The predicted octanol–water partition coefficient (Wildman–Crippen LogP) is 3.08. The number of hydrogen-bond acceptors (Lipinski definition) is 2. The number of nitrogens with zero attached hydrogens (tertiary/aromatic N) is 2. The zero-order valence-electron chi connectivity index (χ0n) is 10.4. The zero-order valence-corrected chi connectivity index (χ0v) is 10.4. The minimum absolute atomic E-state index is 0.0902. The van der Waals surface area contributed by atoms with E-state index in [-0.39, 0.29) is 5.78 Å². The summed E-state index contributed by atoms with van der Waals surface area (Å²) in [4.78, 5) is 11.4. The van der Waals surface area contributed by atoms with Crippen LogP contribution in [-0.2, 0) is 6.54 Å². The minimum Gasteiger partial charge on any atom is -0.295 e. The average Bonchev–Trinajstić information content (AvgIpc) is 2.71. The molecule has 88 valence electrons. The highest BCUT2D eigenvalue weighted by Crippen LogP contribution is 2.23. The smallest absolute Gasteiger partial charge is 0.159 e. The first kappa shape index (κ1) is 11.6. The highest BCUT2D eigenvalue weighted by molar-refractivity contribution is 5.95. The van der Waals surface area contributed by atoms with Crippen molar-refractivity contribution in [3.05, 3.63) is 41.7 Å². The van der Waals surface area contributed by atoms with Crippen LogP contribution in [-0.4, -0.2) is 15.6 Å². The summed E-state index contributed by atoms with van der Waals surface area (Å²) in [6.45, 7) is 6.48. The summed E-state index contributed by atoms with van der Waals surface area (Å²) < 4.78 is 1.91. The van der Waals surface area contributed by atoms with E-state index in [2.05, 4.69) is 12.0 Å². The lowest BCUT2D eigenvalue weighted by Crippen LogP contribution is -1.93. The lowest BCUT2D eigenvalue weighted by atomic mass is 10.0. The molecule has 1 heterocycles. The molecule has 3 nitrogen and oxygen atoms in total. The van der Waals surface area contributed by atoms with Gasteiger partial charge in [0, 0.05) is 23.9 Å². The first-order valence-electron chi connectivity index (χ1n) is 5.77. The Bertz CT molecular complexity index is 555. The van der Waals surface area contributed by atoms with Gasteiger partial charge in [0.05, 0.1) is 5.69 Å². The van der Waals surface area contributed by atoms with Gasteiger partial charge in [0.15, 0.2) is 5.78 Å². The van der Waals surface area contributed by atoms with Gasteiger partial charge in [-0.05, 0) is 32.4 Å². The highest BCUT2D eigenvalue weighted by atomic mass is 16.1. The van der Waals surface area contributed by atoms with Crippen LogP contribution in [0.3, 0.4) is 0 Å². The third-order valence-electron chi connectivity index (χ3n) is 2.85. The predicted molar refractivity (Wildman–Crippen MR) is 68.1 cm³/mol. The quantitative estimate of drug-likeness (QED) is 0.757. The number of aryl methyl sites for hydroxylation is 2. The molecule has 0 amide bonds. The summed E-state index contributed by atoms with van der Waals surface area (Å²) in [6, 6.07) is 7.68. The van der Waals surface area contributed by atoms with Crippen molar-refractivity contribution in [1.29, 1.82) is 0 Å². The molecule has 1 aromatic heterocycles. The van der Waals surface area contributed by atoms with Gasteiger partial charge in [-0.25, -0.2) is 0 Å². The SMILES string of the molecule is CCn1cc(-c2cccc(C(C)=O)c2)c(C)n1. The molecule has 3 heteroatoms. The molecule has 0 aliphatic carbocycles. The van der Waals surface area contributed by atoms with Gasteiger partial charge >= 0.3 is 0 Å². The van der Waals surface area contributed by atoms with Crippen LogP contribution in [0.4, 0.5) is 0 Å². The van der Waals surface area contributed by atoms with Gasteiger partial charge in [-0.1, -0.05) is 18.2 Å². The summed E-state index contributed by atoms with van der Waals surface area (Å²) >= 11 is 0. The number of rotatable bonds is 3. The molecule has 0 atom stereocenters. The van der Waals surface area contributed by atoms with E-state index in [9.17, 15) is 4.79 Å². The van der Waals surface area contributed by atoms with Crippen molar-refractivity contribution in [1.82, 2.24) is 9.78 Å². The number of hydrogen-bond donors (Lipinski definition) is 0. The normalized spacial score (nSPS) is 10.5. The summed E-state index contributed by atoms with van der Waals surface area (Å²) in [5.41, 5.74) is 3.88. The molecular formula is C14H16N2O. The second-order valence-corrected chi connectivity index (χ2v) is 4.12. The molecule has 0 aliphatic rings. The monoisotopic (exact) mass is 228 g/mol. The van der Waals surface area contributed by atoms with Crippen LogP contribution < -0.4 is 0 Å². The molecule has 0 fully saturated rings. The Morgan fingerprint density at radius 1 is 1.41 bits per heavy atom. The first-order chi connectivity index (χ1) is 8.11. The van der Waals surface area contributed by atoms with Crippen LogP contribution in [0.15, 0.2) is 30.5 Å². The van der Waals surface area contributed by atoms with Gasteiger partial charge in [-0.2, -0.15) is 5.10 Å². The summed E-state index contributed by atoms with van der Waals surface area (Å²) in [5.74, 6) is 0.0902. The molecule has 2 aromatic rings. The maximum absolute atomic E-state index is 11.4. The fourth-order valence-corrected chi connectivity index (χ4v) is 1.87. The van der Waals surface area contributed by atoms with E-state index in [4.69, 9.17) is 0 Å². The molecule has 0 radical (unpaired) electrons. The first-order valence-corrected chi connectivity index (χ1v) is 5.77. The van der Waals surface area contributed by atoms with Crippen molar-refractivity contribution in [3.63, 3.8) is 0 Å². The number of carbonyl (C=O) groups is 1. The lowest BCUT2D eigenvalue weighted by molar-refractivity contribution is 0.101. The van der Waals surface area contributed by atoms with Gasteiger partial charge in [0.2, 0.25) is 0 Å². The minimum atomic E-state index is 0.0902. The van der Waals surface area contributed by atoms with Gasteiger partial charge < -0.3 is 0 Å². The van der Waals surface area contributed by atoms with Crippen LogP contribution in [0.5, 0.6) is 0 Å². The standard InChI is InChI=1S/C14H16N2O/c1-4-16-9-14(10(2)15-16)13-7-5-6-12(8-13)11(3)17/h5-9H,4H2,1-3H3. The lowest BCUT2D eigenvalue weighted by Gasteiger charge is -2.01. The molecule has 2 rings (SSSR count). The van der Waals surface area contributed by atoms with Crippen LogP contribution in [0.1, 0.15) is 29.9 Å². The van der Waals surface area contributed by atoms with Gasteiger partial charge in [0.25, 0.3) is 0 Å². The molecule has 0 saturated carbocycles. The van der Waals surface area contributed by atoms with Crippen molar-refractivity contribution in [2.24, 2.45) is 0 Å².